The Balaban J connectivity index is 0. The van der Waals surface area contributed by atoms with E-state index in [1.54, 1.807) is 6.07 Å². The molecule has 3 N–H and O–H groups in total. The standard InChI is InChI=1S/C35H59N3O2.3ClH/c1-2-3-4-5-6-7-8-9-10-11-12-13-14-15-16-22-27-40-35-31-38(30-32-23-18-17-19-24-32)33(28-34(35)39)29-37-26-21-20-25-36;;;/h17-19,23-24,28,31,37H,2-16,20-22,25-27,29-30,36H2,1H3;3*1H. The molecule has 0 saturated carbocycles. The van der Waals surface area contributed by atoms with Crippen molar-refractivity contribution in [3.05, 3.63) is 64.1 Å². The largest absolute Gasteiger partial charge is 0.488 e. The molecule has 0 aliphatic heterocycles. The van der Waals surface area contributed by atoms with Crippen molar-refractivity contribution in [1.82, 2.24) is 9.88 Å². The fourth-order valence-electron chi connectivity index (χ4n) is 5.22. The Morgan fingerprint density at radius 1 is 0.721 bits per heavy atom. The maximum absolute atomic E-state index is 12.8. The van der Waals surface area contributed by atoms with Crippen molar-refractivity contribution in [2.24, 2.45) is 5.73 Å². The van der Waals surface area contributed by atoms with Crippen molar-refractivity contribution >= 4 is 37.2 Å². The van der Waals surface area contributed by atoms with E-state index in [0.717, 1.165) is 38.0 Å². The highest BCUT2D eigenvalue weighted by Crippen LogP contribution is 2.15. The molecule has 1 heterocycles. The van der Waals surface area contributed by atoms with E-state index >= 15 is 0 Å². The SMILES string of the molecule is CCCCCCCCCCCCCCCCCCOc1cn(Cc2ccccc2)c(CNCCCCN)cc1=O.Cl.Cl.Cl. The predicted octanol–water partition coefficient (Wildman–Crippen LogP) is 9.63. The number of unbranched alkanes of at least 4 members (excludes halogenated alkanes) is 16. The molecular weight excluding hydrogens is 601 g/mol. The van der Waals surface area contributed by atoms with Crippen LogP contribution in [0, 0.1) is 0 Å². The zero-order valence-corrected chi connectivity index (χ0v) is 29.3. The van der Waals surface area contributed by atoms with Gasteiger partial charge in [0.15, 0.2) is 5.75 Å². The molecule has 1 aromatic heterocycles. The predicted molar refractivity (Wildman–Crippen MR) is 193 cm³/mol. The molecule has 0 aliphatic rings. The summed E-state index contributed by atoms with van der Waals surface area (Å²) >= 11 is 0. The second-order valence-corrected chi connectivity index (χ2v) is 11.4. The van der Waals surface area contributed by atoms with Gasteiger partial charge in [0.05, 0.1) is 12.8 Å². The topological polar surface area (TPSA) is 69.3 Å². The van der Waals surface area contributed by atoms with E-state index in [0.29, 0.717) is 25.4 Å². The van der Waals surface area contributed by atoms with Gasteiger partial charge in [-0.2, -0.15) is 0 Å². The third-order valence-electron chi connectivity index (χ3n) is 7.75. The Labute approximate surface area is 281 Å². The van der Waals surface area contributed by atoms with Crippen molar-refractivity contribution in [2.45, 2.75) is 136 Å². The summed E-state index contributed by atoms with van der Waals surface area (Å²) in [4.78, 5) is 12.8. The summed E-state index contributed by atoms with van der Waals surface area (Å²) in [5.41, 5.74) is 7.76. The van der Waals surface area contributed by atoms with Gasteiger partial charge < -0.3 is 20.4 Å². The minimum absolute atomic E-state index is 0. The van der Waals surface area contributed by atoms with Gasteiger partial charge in [0, 0.05) is 24.8 Å². The Kier molecular flexibility index (Phi) is 31.4. The number of nitrogens with one attached hydrogen (secondary N) is 1. The first-order valence-corrected chi connectivity index (χ1v) is 16.6. The van der Waals surface area contributed by atoms with Crippen LogP contribution in [0.1, 0.15) is 134 Å². The van der Waals surface area contributed by atoms with Gasteiger partial charge in [-0.1, -0.05) is 134 Å². The van der Waals surface area contributed by atoms with Crippen molar-refractivity contribution < 1.29 is 4.74 Å². The molecule has 0 unspecified atom stereocenters. The van der Waals surface area contributed by atoms with E-state index in [1.165, 1.54) is 102 Å². The molecule has 0 radical (unpaired) electrons. The number of ether oxygens (including phenoxy) is 1. The van der Waals surface area contributed by atoms with Gasteiger partial charge in [0.25, 0.3) is 0 Å². The Morgan fingerprint density at radius 3 is 1.79 bits per heavy atom. The highest BCUT2D eigenvalue weighted by atomic mass is 35.5. The van der Waals surface area contributed by atoms with Crippen LogP contribution < -0.4 is 21.2 Å². The second kappa shape index (κ2) is 30.8. The molecule has 250 valence electrons. The molecule has 8 heteroatoms. The number of hydrogen-bond donors (Lipinski definition) is 2. The Bertz CT molecular complexity index is 928. The van der Waals surface area contributed by atoms with E-state index < -0.39 is 0 Å². The molecule has 0 bridgehead atoms. The van der Waals surface area contributed by atoms with Crippen LogP contribution in [0.2, 0.25) is 0 Å². The first kappa shape index (κ1) is 43.9. The molecule has 0 atom stereocenters. The molecule has 0 aliphatic carbocycles. The van der Waals surface area contributed by atoms with Crippen LogP contribution in [0.15, 0.2) is 47.4 Å². The van der Waals surface area contributed by atoms with Crippen molar-refractivity contribution in [3.8, 4) is 5.75 Å². The lowest BCUT2D eigenvalue weighted by molar-refractivity contribution is 0.298. The van der Waals surface area contributed by atoms with Crippen molar-refractivity contribution in [3.63, 3.8) is 0 Å². The molecule has 0 amide bonds. The molecule has 2 aromatic rings. The summed E-state index contributed by atoms with van der Waals surface area (Å²) in [6.45, 7) is 5.88. The highest BCUT2D eigenvalue weighted by molar-refractivity contribution is 5.86. The van der Waals surface area contributed by atoms with Gasteiger partial charge in [-0.15, -0.1) is 37.2 Å². The smallest absolute Gasteiger partial charge is 0.223 e. The summed E-state index contributed by atoms with van der Waals surface area (Å²) < 4.78 is 8.13. The van der Waals surface area contributed by atoms with Crippen molar-refractivity contribution in [2.75, 3.05) is 19.7 Å². The zero-order chi connectivity index (χ0) is 28.5. The van der Waals surface area contributed by atoms with Crippen LogP contribution >= 0.6 is 37.2 Å². The Hall–Kier alpha value is -1.24. The van der Waals surface area contributed by atoms with Crippen LogP contribution in [-0.4, -0.2) is 24.3 Å². The monoisotopic (exact) mass is 661 g/mol. The Morgan fingerprint density at radius 2 is 1.26 bits per heavy atom. The maximum atomic E-state index is 12.8. The quantitative estimate of drug-likeness (QED) is 0.0985. The number of hydrogen-bond acceptors (Lipinski definition) is 4. The average molecular weight is 663 g/mol. The number of aromatic nitrogens is 1. The molecular formula is C35H62Cl3N3O2. The number of benzene rings is 1. The minimum atomic E-state index is -0.0282. The molecule has 5 nitrogen and oxygen atoms in total. The molecule has 2 rings (SSSR count). The first-order valence-electron chi connectivity index (χ1n) is 16.6. The second-order valence-electron chi connectivity index (χ2n) is 11.4. The lowest BCUT2D eigenvalue weighted by Gasteiger charge is -2.16. The number of rotatable bonds is 26. The van der Waals surface area contributed by atoms with E-state index in [2.05, 4.69) is 41.1 Å². The van der Waals surface area contributed by atoms with Gasteiger partial charge in [0.1, 0.15) is 0 Å². The van der Waals surface area contributed by atoms with Crippen LogP contribution in [0.25, 0.3) is 0 Å². The normalized spacial score (nSPS) is 10.5. The van der Waals surface area contributed by atoms with Crippen LogP contribution in [0.5, 0.6) is 5.75 Å². The summed E-state index contributed by atoms with van der Waals surface area (Å²) in [5.74, 6) is 0.462. The summed E-state index contributed by atoms with van der Waals surface area (Å²) in [7, 11) is 0. The lowest BCUT2D eigenvalue weighted by Crippen LogP contribution is -2.23. The van der Waals surface area contributed by atoms with Gasteiger partial charge in [0.2, 0.25) is 5.43 Å². The third kappa shape index (κ3) is 22.0. The van der Waals surface area contributed by atoms with Gasteiger partial charge in [-0.05, 0) is 37.9 Å². The number of nitrogens with zero attached hydrogens (tertiary/aromatic N) is 1. The molecule has 1 aromatic carbocycles. The van der Waals surface area contributed by atoms with Gasteiger partial charge in [-0.25, -0.2) is 0 Å². The molecule has 43 heavy (non-hydrogen) atoms. The van der Waals surface area contributed by atoms with E-state index in [-0.39, 0.29) is 42.6 Å². The van der Waals surface area contributed by atoms with E-state index in [4.69, 9.17) is 10.5 Å². The number of pyridine rings is 1. The van der Waals surface area contributed by atoms with Crippen LogP contribution in [0.4, 0.5) is 0 Å². The zero-order valence-electron chi connectivity index (χ0n) is 26.9. The van der Waals surface area contributed by atoms with Crippen molar-refractivity contribution in [1.29, 1.82) is 0 Å². The van der Waals surface area contributed by atoms with Gasteiger partial charge >= 0.3 is 0 Å². The van der Waals surface area contributed by atoms with Crippen LogP contribution in [0.3, 0.4) is 0 Å². The summed E-state index contributed by atoms with van der Waals surface area (Å²) in [6.07, 6.45) is 25.6. The fraction of sp³-hybridized carbons (Fsp3) is 0.686. The minimum Gasteiger partial charge on any atom is -0.488 e. The molecule has 0 fully saturated rings. The van der Waals surface area contributed by atoms with Crippen LogP contribution in [-0.2, 0) is 13.1 Å². The van der Waals surface area contributed by atoms with E-state index in [1.807, 2.05) is 12.3 Å². The fourth-order valence-corrected chi connectivity index (χ4v) is 5.22. The first-order chi connectivity index (χ1) is 19.7. The number of halogens is 3. The third-order valence-corrected chi connectivity index (χ3v) is 7.75. The lowest BCUT2D eigenvalue weighted by atomic mass is 10.0. The maximum Gasteiger partial charge on any atom is 0.223 e. The highest BCUT2D eigenvalue weighted by Gasteiger charge is 2.09. The number of nitrogens with two attached hydrogens (primary N) is 1. The summed E-state index contributed by atoms with van der Waals surface area (Å²) in [6, 6.07) is 12.1. The average Bonchev–Trinajstić information content (AvgIpc) is 2.97. The summed E-state index contributed by atoms with van der Waals surface area (Å²) in [5, 5.41) is 3.46. The van der Waals surface area contributed by atoms with Gasteiger partial charge in [-0.3, -0.25) is 4.79 Å². The molecule has 0 spiro atoms. The molecule has 0 saturated heterocycles. The van der Waals surface area contributed by atoms with E-state index in [9.17, 15) is 4.79 Å².